The summed E-state index contributed by atoms with van der Waals surface area (Å²) in [5, 5.41) is 2.63. The van der Waals surface area contributed by atoms with Crippen molar-refractivity contribution in [3.05, 3.63) is 35.4 Å². The van der Waals surface area contributed by atoms with Crippen LogP contribution in [0.2, 0.25) is 0 Å². The summed E-state index contributed by atoms with van der Waals surface area (Å²) in [4.78, 5) is 23.7. The predicted molar refractivity (Wildman–Crippen MR) is 74.0 cm³/mol. The van der Waals surface area contributed by atoms with E-state index in [0.717, 1.165) is 5.56 Å². The number of ether oxygens (including phenoxy) is 1. The molecule has 1 N–H and O–H groups in total. The highest BCUT2D eigenvalue weighted by Gasteiger charge is 2.23. The number of esters is 1. The van der Waals surface area contributed by atoms with Gasteiger partial charge in [-0.2, -0.15) is 0 Å². The van der Waals surface area contributed by atoms with Crippen LogP contribution in [0.15, 0.2) is 24.3 Å². The molecular formula is C15H21NO3. The standard InChI is InChI=1S/C15H21NO3/c1-10-7-6-8-12(9-10)13(17)16-11(2)14(18)19-15(3,4)5/h6-9,11H,1-5H3,(H,16,17)/t11-/m0/s1. The van der Waals surface area contributed by atoms with E-state index in [1.165, 1.54) is 0 Å². The van der Waals surface area contributed by atoms with Gasteiger partial charge in [-0.1, -0.05) is 17.7 Å². The van der Waals surface area contributed by atoms with Crippen molar-refractivity contribution in [1.29, 1.82) is 0 Å². The third-order valence-electron chi connectivity index (χ3n) is 2.39. The molecule has 0 aliphatic rings. The molecule has 1 aromatic rings. The summed E-state index contributed by atoms with van der Waals surface area (Å²) in [6, 6.07) is 6.53. The third kappa shape index (κ3) is 5.12. The van der Waals surface area contributed by atoms with Crippen molar-refractivity contribution < 1.29 is 14.3 Å². The maximum Gasteiger partial charge on any atom is 0.328 e. The summed E-state index contributed by atoms with van der Waals surface area (Å²) >= 11 is 0. The highest BCUT2D eigenvalue weighted by Crippen LogP contribution is 2.09. The number of benzene rings is 1. The van der Waals surface area contributed by atoms with Gasteiger partial charge in [-0.15, -0.1) is 0 Å². The second-order valence-corrected chi connectivity index (χ2v) is 5.60. The molecule has 4 nitrogen and oxygen atoms in total. The van der Waals surface area contributed by atoms with Crippen molar-refractivity contribution >= 4 is 11.9 Å². The van der Waals surface area contributed by atoms with E-state index in [0.29, 0.717) is 5.56 Å². The Bertz CT molecular complexity index is 475. The molecule has 19 heavy (non-hydrogen) atoms. The Morgan fingerprint density at radius 3 is 2.42 bits per heavy atom. The van der Waals surface area contributed by atoms with Crippen LogP contribution in [0.1, 0.15) is 43.6 Å². The van der Waals surface area contributed by atoms with Crippen LogP contribution in [0.5, 0.6) is 0 Å². The molecule has 0 heterocycles. The van der Waals surface area contributed by atoms with E-state index in [-0.39, 0.29) is 5.91 Å². The molecule has 0 aromatic heterocycles. The van der Waals surface area contributed by atoms with Crippen LogP contribution in [-0.2, 0) is 9.53 Å². The maximum atomic E-state index is 12.0. The minimum atomic E-state index is -0.674. The number of aryl methyl sites for hydroxylation is 1. The van der Waals surface area contributed by atoms with E-state index >= 15 is 0 Å². The molecule has 1 aromatic carbocycles. The van der Waals surface area contributed by atoms with Crippen molar-refractivity contribution in [2.45, 2.75) is 46.3 Å². The third-order valence-corrected chi connectivity index (χ3v) is 2.39. The molecule has 0 aliphatic heterocycles. The minimum Gasteiger partial charge on any atom is -0.458 e. The Balaban J connectivity index is 2.64. The first-order chi connectivity index (χ1) is 8.69. The topological polar surface area (TPSA) is 55.4 Å². The first-order valence-corrected chi connectivity index (χ1v) is 6.29. The fraction of sp³-hybridized carbons (Fsp3) is 0.467. The van der Waals surface area contributed by atoms with Crippen LogP contribution < -0.4 is 5.32 Å². The summed E-state index contributed by atoms with van der Waals surface area (Å²) in [6.45, 7) is 8.90. The van der Waals surface area contributed by atoms with E-state index in [9.17, 15) is 9.59 Å². The summed E-state index contributed by atoms with van der Waals surface area (Å²) in [7, 11) is 0. The number of carbonyl (C=O) groups is 2. The van der Waals surface area contributed by atoms with Gasteiger partial charge in [0.25, 0.3) is 5.91 Å². The van der Waals surface area contributed by atoms with Gasteiger partial charge in [-0.25, -0.2) is 4.79 Å². The van der Waals surface area contributed by atoms with E-state index in [2.05, 4.69) is 5.32 Å². The smallest absolute Gasteiger partial charge is 0.328 e. The second-order valence-electron chi connectivity index (χ2n) is 5.60. The zero-order valence-corrected chi connectivity index (χ0v) is 12.1. The zero-order valence-electron chi connectivity index (χ0n) is 12.1. The highest BCUT2D eigenvalue weighted by atomic mass is 16.6. The van der Waals surface area contributed by atoms with Crippen LogP contribution in [0, 0.1) is 6.92 Å². The molecule has 0 unspecified atom stereocenters. The molecule has 0 fully saturated rings. The Hall–Kier alpha value is -1.84. The van der Waals surface area contributed by atoms with E-state index in [4.69, 9.17) is 4.74 Å². The molecule has 104 valence electrons. The van der Waals surface area contributed by atoms with Gasteiger partial charge in [0.15, 0.2) is 0 Å². The Kier molecular flexibility index (Phi) is 4.70. The number of amides is 1. The summed E-state index contributed by atoms with van der Waals surface area (Å²) in [5.41, 5.74) is 0.979. The quantitative estimate of drug-likeness (QED) is 0.852. The van der Waals surface area contributed by atoms with E-state index < -0.39 is 17.6 Å². The summed E-state index contributed by atoms with van der Waals surface area (Å²) in [5.74, 6) is -0.712. The lowest BCUT2D eigenvalue weighted by Crippen LogP contribution is -2.42. The molecule has 4 heteroatoms. The van der Waals surface area contributed by atoms with Crippen molar-refractivity contribution in [2.75, 3.05) is 0 Å². The fourth-order valence-electron chi connectivity index (χ4n) is 1.52. The Morgan fingerprint density at radius 1 is 1.26 bits per heavy atom. The number of nitrogens with one attached hydrogen (secondary N) is 1. The van der Waals surface area contributed by atoms with Crippen LogP contribution >= 0.6 is 0 Å². The van der Waals surface area contributed by atoms with Gasteiger partial charge in [-0.05, 0) is 46.8 Å². The van der Waals surface area contributed by atoms with Crippen molar-refractivity contribution in [2.24, 2.45) is 0 Å². The molecule has 1 atom stereocenters. The molecule has 0 saturated carbocycles. The first kappa shape index (κ1) is 15.2. The first-order valence-electron chi connectivity index (χ1n) is 6.29. The Morgan fingerprint density at radius 2 is 1.89 bits per heavy atom. The minimum absolute atomic E-state index is 0.276. The van der Waals surface area contributed by atoms with Gasteiger partial charge in [0.2, 0.25) is 0 Å². The van der Waals surface area contributed by atoms with Crippen LogP contribution in [0.3, 0.4) is 0 Å². The SMILES string of the molecule is Cc1cccc(C(=O)N[C@@H](C)C(=O)OC(C)(C)C)c1. The number of hydrogen-bond acceptors (Lipinski definition) is 3. The van der Waals surface area contributed by atoms with Crippen molar-refractivity contribution in [3.63, 3.8) is 0 Å². The molecule has 1 amide bonds. The number of carbonyl (C=O) groups excluding carboxylic acids is 2. The lowest BCUT2D eigenvalue weighted by atomic mass is 10.1. The fourth-order valence-corrected chi connectivity index (χ4v) is 1.52. The van der Waals surface area contributed by atoms with Gasteiger partial charge in [0, 0.05) is 5.56 Å². The molecule has 1 rings (SSSR count). The molecular weight excluding hydrogens is 242 g/mol. The van der Waals surface area contributed by atoms with Gasteiger partial charge in [-0.3, -0.25) is 4.79 Å². The molecule has 0 spiro atoms. The normalized spacial score (nSPS) is 12.7. The summed E-state index contributed by atoms with van der Waals surface area (Å²) in [6.07, 6.45) is 0. The van der Waals surface area contributed by atoms with Gasteiger partial charge in [0.1, 0.15) is 11.6 Å². The van der Waals surface area contributed by atoms with Gasteiger partial charge in [0.05, 0.1) is 0 Å². The average molecular weight is 263 g/mol. The molecule has 0 aliphatic carbocycles. The lowest BCUT2D eigenvalue weighted by molar-refractivity contribution is -0.156. The Labute approximate surface area is 114 Å². The monoisotopic (exact) mass is 263 g/mol. The van der Waals surface area contributed by atoms with Crippen LogP contribution in [0.25, 0.3) is 0 Å². The molecule has 0 radical (unpaired) electrons. The lowest BCUT2D eigenvalue weighted by Gasteiger charge is -2.22. The second kappa shape index (κ2) is 5.87. The highest BCUT2D eigenvalue weighted by molar-refractivity contribution is 5.96. The van der Waals surface area contributed by atoms with Crippen LogP contribution in [-0.4, -0.2) is 23.5 Å². The van der Waals surface area contributed by atoms with Gasteiger partial charge >= 0.3 is 5.97 Å². The number of rotatable bonds is 3. The predicted octanol–water partition coefficient (Wildman–Crippen LogP) is 2.46. The van der Waals surface area contributed by atoms with Crippen molar-refractivity contribution in [1.82, 2.24) is 5.32 Å². The van der Waals surface area contributed by atoms with E-state index in [1.807, 2.05) is 19.1 Å². The van der Waals surface area contributed by atoms with Crippen molar-refractivity contribution in [3.8, 4) is 0 Å². The summed E-state index contributed by atoms with van der Waals surface area (Å²) < 4.78 is 5.21. The maximum absolute atomic E-state index is 12.0. The number of hydrogen-bond donors (Lipinski definition) is 1. The van der Waals surface area contributed by atoms with Crippen LogP contribution in [0.4, 0.5) is 0 Å². The van der Waals surface area contributed by atoms with E-state index in [1.54, 1.807) is 39.8 Å². The van der Waals surface area contributed by atoms with Gasteiger partial charge < -0.3 is 10.1 Å². The molecule has 0 bridgehead atoms. The largest absolute Gasteiger partial charge is 0.458 e. The zero-order chi connectivity index (χ0) is 14.6. The average Bonchev–Trinajstić information content (AvgIpc) is 2.26. The molecule has 0 saturated heterocycles.